The van der Waals surface area contributed by atoms with E-state index in [1.54, 1.807) is 24.1 Å². The zero-order chi connectivity index (χ0) is 18.6. The van der Waals surface area contributed by atoms with Crippen molar-refractivity contribution in [2.24, 2.45) is 0 Å². The predicted octanol–water partition coefficient (Wildman–Crippen LogP) is 0.0858. The minimum Gasteiger partial charge on any atom is -0.352 e. The van der Waals surface area contributed by atoms with Gasteiger partial charge in [0.25, 0.3) is 0 Å². The maximum absolute atomic E-state index is 12.1. The van der Waals surface area contributed by atoms with Crippen molar-refractivity contribution >= 4 is 27.5 Å². The molecule has 2 N–H and O–H groups in total. The van der Waals surface area contributed by atoms with Crippen LogP contribution in [-0.4, -0.2) is 69.7 Å². The van der Waals surface area contributed by atoms with Gasteiger partial charge in [-0.1, -0.05) is 6.07 Å². The summed E-state index contributed by atoms with van der Waals surface area (Å²) in [6.45, 7) is 0.168. The first kappa shape index (κ1) is 19.4. The van der Waals surface area contributed by atoms with Gasteiger partial charge in [0.1, 0.15) is 0 Å². The van der Waals surface area contributed by atoms with Crippen LogP contribution in [0.1, 0.15) is 12.8 Å². The first-order valence-corrected chi connectivity index (χ1v) is 9.43. The zero-order valence-corrected chi connectivity index (χ0v) is 15.5. The standard InChI is InChI=1S/C16H24N4O4S/c1-19(2)25(23,24)14-6-4-5-13(9-14)18-16(22)11-20(3)10-15(21)17-12-7-8-12/h4-6,9,12H,7-8,10-11H2,1-3H3,(H,17,21)(H,18,22). The predicted molar refractivity (Wildman–Crippen MR) is 94.6 cm³/mol. The maximum Gasteiger partial charge on any atom is 0.242 e. The molecule has 138 valence electrons. The van der Waals surface area contributed by atoms with Crippen LogP contribution in [0, 0.1) is 0 Å². The molecule has 0 spiro atoms. The maximum atomic E-state index is 12.1. The molecule has 0 unspecified atom stereocenters. The zero-order valence-electron chi connectivity index (χ0n) is 14.7. The first-order valence-electron chi connectivity index (χ1n) is 7.99. The van der Waals surface area contributed by atoms with Gasteiger partial charge < -0.3 is 10.6 Å². The number of carbonyl (C=O) groups excluding carboxylic acids is 2. The van der Waals surface area contributed by atoms with Gasteiger partial charge in [-0.3, -0.25) is 14.5 Å². The molecule has 0 bridgehead atoms. The van der Waals surface area contributed by atoms with Gasteiger partial charge in [0.15, 0.2) is 0 Å². The highest BCUT2D eigenvalue weighted by Crippen LogP contribution is 2.19. The van der Waals surface area contributed by atoms with Crippen molar-refractivity contribution in [3.63, 3.8) is 0 Å². The Morgan fingerprint density at radius 3 is 2.36 bits per heavy atom. The molecule has 0 saturated heterocycles. The van der Waals surface area contributed by atoms with Gasteiger partial charge in [-0.15, -0.1) is 0 Å². The summed E-state index contributed by atoms with van der Waals surface area (Å²) in [7, 11) is 1.01. The highest BCUT2D eigenvalue weighted by Gasteiger charge is 2.24. The number of nitrogens with one attached hydrogen (secondary N) is 2. The highest BCUT2D eigenvalue weighted by atomic mass is 32.2. The van der Waals surface area contributed by atoms with E-state index in [0.717, 1.165) is 17.1 Å². The molecule has 9 heteroatoms. The number of carbonyl (C=O) groups is 2. The van der Waals surface area contributed by atoms with Crippen LogP contribution in [0.15, 0.2) is 29.2 Å². The highest BCUT2D eigenvalue weighted by molar-refractivity contribution is 7.89. The van der Waals surface area contributed by atoms with Crippen molar-refractivity contribution in [3.8, 4) is 0 Å². The lowest BCUT2D eigenvalue weighted by molar-refractivity contribution is -0.123. The van der Waals surface area contributed by atoms with Crippen molar-refractivity contribution < 1.29 is 18.0 Å². The number of likely N-dealkylation sites (N-methyl/N-ethyl adjacent to an activating group) is 1. The lowest BCUT2D eigenvalue weighted by Gasteiger charge is -2.16. The lowest BCUT2D eigenvalue weighted by atomic mass is 10.3. The van der Waals surface area contributed by atoms with E-state index < -0.39 is 10.0 Å². The SMILES string of the molecule is CN(CC(=O)Nc1cccc(S(=O)(=O)N(C)C)c1)CC(=O)NC1CC1. The third-order valence-electron chi connectivity index (χ3n) is 3.67. The van der Waals surface area contributed by atoms with Gasteiger partial charge >= 0.3 is 0 Å². The van der Waals surface area contributed by atoms with E-state index in [0.29, 0.717) is 5.69 Å². The molecule has 0 aliphatic heterocycles. The fourth-order valence-electron chi connectivity index (χ4n) is 2.19. The average Bonchev–Trinajstić information content (AvgIpc) is 3.30. The number of hydrogen-bond acceptors (Lipinski definition) is 5. The van der Waals surface area contributed by atoms with E-state index in [1.165, 1.54) is 26.2 Å². The second kappa shape index (κ2) is 7.94. The molecule has 2 rings (SSSR count). The molecule has 1 fully saturated rings. The Hall–Kier alpha value is -1.97. The third kappa shape index (κ3) is 5.80. The van der Waals surface area contributed by atoms with Crippen molar-refractivity contribution in [2.45, 2.75) is 23.8 Å². The van der Waals surface area contributed by atoms with Gasteiger partial charge in [0.2, 0.25) is 21.8 Å². The number of nitrogens with zero attached hydrogens (tertiary/aromatic N) is 2. The Bertz CT molecular complexity index is 744. The number of sulfonamides is 1. The molecule has 8 nitrogen and oxygen atoms in total. The van der Waals surface area contributed by atoms with Gasteiger partial charge in [-0.2, -0.15) is 0 Å². The number of rotatable bonds is 8. The summed E-state index contributed by atoms with van der Waals surface area (Å²) in [6.07, 6.45) is 2.03. The summed E-state index contributed by atoms with van der Waals surface area (Å²) in [4.78, 5) is 25.5. The normalized spacial score (nSPS) is 14.6. The minimum absolute atomic E-state index is 0.0305. The van der Waals surface area contributed by atoms with E-state index >= 15 is 0 Å². The Labute approximate surface area is 148 Å². The fourth-order valence-corrected chi connectivity index (χ4v) is 3.14. The minimum atomic E-state index is -3.56. The van der Waals surface area contributed by atoms with Crippen LogP contribution in [0.4, 0.5) is 5.69 Å². The summed E-state index contributed by atoms with van der Waals surface area (Å²) in [5.74, 6) is -0.419. The topological polar surface area (TPSA) is 98.8 Å². The Balaban J connectivity index is 1.90. The summed E-state index contributed by atoms with van der Waals surface area (Å²) in [6, 6.07) is 6.36. The molecular weight excluding hydrogens is 344 g/mol. The molecule has 1 aromatic rings. The summed E-state index contributed by atoms with van der Waals surface area (Å²) >= 11 is 0. The van der Waals surface area contributed by atoms with Crippen LogP contribution < -0.4 is 10.6 Å². The van der Waals surface area contributed by atoms with Gasteiger partial charge in [0, 0.05) is 25.8 Å². The summed E-state index contributed by atoms with van der Waals surface area (Å²) < 4.78 is 25.4. The van der Waals surface area contributed by atoms with Crippen LogP contribution in [0.5, 0.6) is 0 Å². The molecule has 0 heterocycles. The average molecular weight is 368 g/mol. The molecule has 0 radical (unpaired) electrons. The van der Waals surface area contributed by atoms with Crippen molar-refractivity contribution in [3.05, 3.63) is 24.3 Å². The molecule has 25 heavy (non-hydrogen) atoms. The summed E-state index contributed by atoms with van der Waals surface area (Å²) in [5, 5.41) is 5.51. The van der Waals surface area contributed by atoms with Crippen LogP contribution >= 0.6 is 0 Å². The number of amides is 2. The van der Waals surface area contributed by atoms with Crippen LogP contribution in [-0.2, 0) is 19.6 Å². The smallest absolute Gasteiger partial charge is 0.242 e. The molecule has 1 aliphatic carbocycles. The van der Waals surface area contributed by atoms with E-state index in [1.807, 2.05) is 0 Å². The van der Waals surface area contributed by atoms with Crippen LogP contribution in [0.3, 0.4) is 0 Å². The third-order valence-corrected chi connectivity index (χ3v) is 5.48. The van der Waals surface area contributed by atoms with Crippen LogP contribution in [0.25, 0.3) is 0 Å². The monoisotopic (exact) mass is 368 g/mol. The molecule has 0 atom stereocenters. The van der Waals surface area contributed by atoms with E-state index in [9.17, 15) is 18.0 Å². The van der Waals surface area contributed by atoms with E-state index in [2.05, 4.69) is 10.6 Å². The van der Waals surface area contributed by atoms with Gasteiger partial charge in [-0.25, -0.2) is 12.7 Å². The second-order valence-electron chi connectivity index (χ2n) is 6.38. The Kier molecular flexibility index (Phi) is 6.15. The largest absolute Gasteiger partial charge is 0.352 e. The van der Waals surface area contributed by atoms with E-state index in [4.69, 9.17) is 0 Å². The van der Waals surface area contributed by atoms with Crippen LogP contribution in [0.2, 0.25) is 0 Å². The lowest BCUT2D eigenvalue weighted by Crippen LogP contribution is -2.39. The van der Waals surface area contributed by atoms with Crippen molar-refractivity contribution in [2.75, 3.05) is 39.5 Å². The fraction of sp³-hybridized carbons (Fsp3) is 0.500. The summed E-state index contributed by atoms with van der Waals surface area (Å²) in [5.41, 5.74) is 0.392. The van der Waals surface area contributed by atoms with Gasteiger partial charge in [-0.05, 0) is 38.1 Å². The molecule has 1 aromatic carbocycles. The van der Waals surface area contributed by atoms with Crippen molar-refractivity contribution in [1.82, 2.24) is 14.5 Å². The quantitative estimate of drug-likeness (QED) is 0.677. The molecule has 2 amide bonds. The number of hydrogen-bond donors (Lipinski definition) is 2. The Morgan fingerprint density at radius 2 is 1.76 bits per heavy atom. The molecule has 1 aliphatic rings. The first-order chi connectivity index (χ1) is 11.7. The number of anilines is 1. The second-order valence-corrected chi connectivity index (χ2v) is 8.53. The number of benzene rings is 1. The Morgan fingerprint density at radius 1 is 1.12 bits per heavy atom. The molecular formula is C16H24N4O4S. The molecule has 1 saturated carbocycles. The molecule has 0 aromatic heterocycles. The van der Waals surface area contributed by atoms with E-state index in [-0.39, 0.29) is 35.8 Å². The van der Waals surface area contributed by atoms with Gasteiger partial charge in [0.05, 0.1) is 18.0 Å². The van der Waals surface area contributed by atoms with Crippen molar-refractivity contribution in [1.29, 1.82) is 0 Å².